The average molecular weight is 406 g/mol. The van der Waals surface area contributed by atoms with Crippen molar-refractivity contribution in [1.29, 1.82) is 0 Å². The topological polar surface area (TPSA) is 77.8 Å². The smallest absolute Gasteiger partial charge is 0.271 e. The number of para-hydroxylation sites is 2. The molecule has 146 valence electrons. The highest BCUT2D eigenvalue weighted by atomic mass is 32.1. The van der Waals surface area contributed by atoms with Crippen molar-refractivity contribution < 1.29 is 14.3 Å². The molecule has 0 aliphatic carbocycles. The summed E-state index contributed by atoms with van der Waals surface area (Å²) in [5.74, 6) is 1.09. The lowest BCUT2D eigenvalue weighted by molar-refractivity contribution is -0.125. The lowest BCUT2D eigenvalue weighted by atomic mass is 10.0. The summed E-state index contributed by atoms with van der Waals surface area (Å²) in [5, 5.41) is 9.24. The molecule has 2 aromatic carbocycles. The molecule has 1 unspecified atom stereocenters. The highest BCUT2D eigenvalue weighted by Crippen LogP contribution is 2.31. The number of nitrogens with zero attached hydrogens (tertiary/aromatic N) is 3. The van der Waals surface area contributed by atoms with Gasteiger partial charge in [0.2, 0.25) is 11.1 Å². The Labute approximate surface area is 170 Å². The van der Waals surface area contributed by atoms with E-state index >= 15 is 0 Å². The van der Waals surface area contributed by atoms with Gasteiger partial charge in [-0.3, -0.25) is 10.1 Å². The van der Waals surface area contributed by atoms with Crippen LogP contribution in [-0.2, 0) is 4.79 Å². The highest BCUT2D eigenvalue weighted by Gasteiger charge is 2.28. The van der Waals surface area contributed by atoms with Crippen molar-refractivity contribution in [2.45, 2.75) is 20.0 Å². The summed E-state index contributed by atoms with van der Waals surface area (Å²) in [7, 11) is 0. The quantitative estimate of drug-likeness (QED) is 0.559. The molecule has 0 radical (unpaired) electrons. The van der Waals surface area contributed by atoms with Crippen LogP contribution in [0.2, 0.25) is 0 Å². The van der Waals surface area contributed by atoms with Gasteiger partial charge in [0, 0.05) is 10.9 Å². The number of anilines is 1. The molecule has 29 heavy (non-hydrogen) atoms. The Morgan fingerprint density at radius 3 is 2.86 bits per heavy atom. The Hall–Kier alpha value is -3.39. The highest BCUT2D eigenvalue weighted by molar-refractivity contribution is 7.15. The number of aryl methyl sites for hydroxylation is 2. The monoisotopic (exact) mass is 406 g/mol. The third kappa shape index (κ3) is 3.21. The maximum absolute atomic E-state index is 12.6. The fraction of sp³-hybridized carbons (Fsp3) is 0.190. The lowest BCUT2D eigenvalue weighted by Gasteiger charge is -2.25. The van der Waals surface area contributed by atoms with Crippen LogP contribution in [0.15, 0.2) is 47.8 Å². The number of amides is 1. The molecule has 0 bridgehead atoms. The van der Waals surface area contributed by atoms with Gasteiger partial charge in [0.15, 0.2) is 11.5 Å². The van der Waals surface area contributed by atoms with E-state index in [1.165, 1.54) is 16.9 Å². The fourth-order valence-electron chi connectivity index (χ4n) is 3.36. The standard InChI is InChI=1S/C21H18N4O3S/c1-12-7-8-14(13(2)9-12)15-11-29-21-23-20(24-25(15)21)22-19(26)18-10-27-16-5-3-4-6-17(16)28-18/h3-9,11,18H,10H2,1-2H3,(H,22,24,26). The van der Waals surface area contributed by atoms with Crippen LogP contribution in [0, 0.1) is 13.8 Å². The summed E-state index contributed by atoms with van der Waals surface area (Å²) in [4.78, 5) is 17.8. The maximum atomic E-state index is 12.6. The minimum absolute atomic E-state index is 0.138. The SMILES string of the molecule is Cc1ccc(-c2csc3nc(NC(=O)C4COc5ccccc5O4)nn23)c(C)c1. The molecule has 0 saturated carbocycles. The number of hydrogen-bond donors (Lipinski definition) is 1. The summed E-state index contributed by atoms with van der Waals surface area (Å²) >= 11 is 1.48. The summed E-state index contributed by atoms with van der Waals surface area (Å²) < 4.78 is 13.1. The number of rotatable bonds is 3. The number of hydrogen-bond acceptors (Lipinski definition) is 6. The van der Waals surface area contributed by atoms with Gasteiger partial charge >= 0.3 is 0 Å². The predicted molar refractivity (Wildman–Crippen MR) is 111 cm³/mol. The summed E-state index contributed by atoms with van der Waals surface area (Å²) in [6.07, 6.45) is -0.759. The Bertz CT molecular complexity index is 1230. The van der Waals surface area contributed by atoms with E-state index in [9.17, 15) is 4.79 Å². The maximum Gasteiger partial charge on any atom is 0.271 e. The minimum Gasteiger partial charge on any atom is -0.485 e. The summed E-state index contributed by atoms with van der Waals surface area (Å²) in [6.45, 7) is 4.28. The van der Waals surface area contributed by atoms with E-state index in [4.69, 9.17) is 9.47 Å². The number of ether oxygens (including phenoxy) is 2. The number of fused-ring (bicyclic) bond motifs is 2. The molecule has 1 aliphatic rings. The van der Waals surface area contributed by atoms with E-state index in [1.807, 2.05) is 23.6 Å². The van der Waals surface area contributed by atoms with Crippen molar-refractivity contribution in [1.82, 2.24) is 14.6 Å². The molecule has 3 heterocycles. The molecular formula is C21H18N4O3S. The van der Waals surface area contributed by atoms with Crippen LogP contribution in [0.4, 0.5) is 5.95 Å². The molecule has 8 heteroatoms. The zero-order valence-corrected chi connectivity index (χ0v) is 16.7. The summed E-state index contributed by atoms with van der Waals surface area (Å²) in [5.41, 5.74) is 4.41. The Morgan fingerprint density at radius 2 is 2.03 bits per heavy atom. The van der Waals surface area contributed by atoms with E-state index < -0.39 is 6.10 Å². The predicted octanol–water partition coefficient (Wildman–Crippen LogP) is 3.85. The number of thiazole rings is 1. The van der Waals surface area contributed by atoms with Crippen molar-refractivity contribution >= 4 is 28.2 Å². The second kappa shape index (κ2) is 6.89. The number of nitrogens with one attached hydrogen (secondary N) is 1. The van der Waals surface area contributed by atoms with Gasteiger partial charge in [-0.2, -0.15) is 4.98 Å². The van der Waals surface area contributed by atoms with Gasteiger partial charge in [-0.25, -0.2) is 4.52 Å². The van der Waals surface area contributed by atoms with Crippen molar-refractivity contribution in [3.8, 4) is 22.8 Å². The van der Waals surface area contributed by atoms with Crippen LogP contribution >= 0.6 is 11.3 Å². The molecule has 1 aliphatic heterocycles. The number of carbonyl (C=O) groups is 1. The third-order valence-corrected chi connectivity index (χ3v) is 5.59. The van der Waals surface area contributed by atoms with Gasteiger partial charge in [-0.15, -0.1) is 16.4 Å². The first-order chi connectivity index (χ1) is 14.1. The molecule has 0 spiro atoms. The molecule has 1 atom stereocenters. The molecule has 5 rings (SSSR count). The first-order valence-electron chi connectivity index (χ1n) is 9.20. The molecule has 2 aromatic heterocycles. The Balaban J connectivity index is 1.38. The molecule has 4 aromatic rings. The summed E-state index contributed by atoms with van der Waals surface area (Å²) in [6, 6.07) is 13.6. The van der Waals surface area contributed by atoms with Crippen LogP contribution in [0.1, 0.15) is 11.1 Å². The number of carbonyl (C=O) groups excluding carboxylic acids is 1. The Kier molecular flexibility index (Phi) is 4.21. The molecule has 1 amide bonds. The van der Waals surface area contributed by atoms with Crippen LogP contribution < -0.4 is 14.8 Å². The molecule has 0 fully saturated rings. The van der Waals surface area contributed by atoms with Crippen molar-refractivity contribution in [2.75, 3.05) is 11.9 Å². The van der Waals surface area contributed by atoms with Gasteiger partial charge in [0.25, 0.3) is 11.9 Å². The second-order valence-corrected chi connectivity index (χ2v) is 7.76. The van der Waals surface area contributed by atoms with Gasteiger partial charge in [0.1, 0.15) is 6.61 Å². The van der Waals surface area contributed by atoms with E-state index in [0.29, 0.717) is 16.5 Å². The zero-order valence-electron chi connectivity index (χ0n) is 15.9. The molecule has 7 nitrogen and oxygen atoms in total. The first-order valence-corrected chi connectivity index (χ1v) is 10.1. The Morgan fingerprint density at radius 1 is 1.21 bits per heavy atom. The van der Waals surface area contributed by atoms with Gasteiger partial charge in [-0.1, -0.05) is 35.9 Å². The minimum atomic E-state index is -0.759. The molecule has 0 saturated heterocycles. The third-order valence-electron chi connectivity index (χ3n) is 4.78. The van der Waals surface area contributed by atoms with E-state index in [2.05, 4.69) is 47.4 Å². The van der Waals surface area contributed by atoms with E-state index in [-0.39, 0.29) is 18.5 Å². The van der Waals surface area contributed by atoms with Crippen LogP contribution in [-0.4, -0.2) is 33.2 Å². The van der Waals surface area contributed by atoms with Crippen molar-refractivity contribution in [2.24, 2.45) is 0 Å². The van der Waals surface area contributed by atoms with Gasteiger partial charge in [-0.05, 0) is 31.5 Å². The van der Waals surface area contributed by atoms with Gasteiger partial charge < -0.3 is 9.47 Å². The van der Waals surface area contributed by atoms with Crippen molar-refractivity contribution in [3.63, 3.8) is 0 Å². The number of benzene rings is 2. The average Bonchev–Trinajstić information content (AvgIpc) is 3.28. The van der Waals surface area contributed by atoms with Crippen LogP contribution in [0.3, 0.4) is 0 Å². The number of aromatic nitrogens is 3. The zero-order chi connectivity index (χ0) is 20.0. The lowest BCUT2D eigenvalue weighted by Crippen LogP contribution is -2.40. The second-order valence-electron chi connectivity index (χ2n) is 6.92. The van der Waals surface area contributed by atoms with Crippen LogP contribution in [0.5, 0.6) is 11.5 Å². The largest absolute Gasteiger partial charge is 0.485 e. The molecule has 1 N–H and O–H groups in total. The van der Waals surface area contributed by atoms with Crippen LogP contribution in [0.25, 0.3) is 16.2 Å². The van der Waals surface area contributed by atoms with Gasteiger partial charge in [0.05, 0.1) is 5.69 Å². The fourth-order valence-corrected chi connectivity index (χ4v) is 4.18. The first kappa shape index (κ1) is 17.7. The van der Waals surface area contributed by atoms with Crippen molar-refractivity contribution in [3.05, 3.63) is 59.0 Å². The van der Waals surface area contributed by atoms with E-state index in [0.717, 1.165) is 16.8 Å². The molecular weight excluding hydrogens is 388 g/mol. The normalized spacial score (nSPS) is 15.4. The van der Waals surface area contributed by atoms with E-state index in [1.54, 1.807) is 10.6 Å².